The van der Waals surface area contributed by atoms with Gasteiger partial charge in [-0.3, -0.25) is 4.98 Å². The lowest BCUT2D eigenvalue weighted by Gasteiger charge is -2.11. The Morgan fingerprint density at radius 1 is 1.23 bits per heavy atom. The van der Waals surface area contributed by atoms with Gasteiger partial charge in [-0.25, -0.2) is 4.99 Å². The second-order valence-electron chi connectivity index (χ2n) is 5.51. The molecular formula is C17H23IN4. The van der Waals surface area contributed by atoms with E-state index in [1.807, 2.05) is 12.3 Å². The van der Waals surface area contributed by atoms with E-state index in [1.54, 1.807) is 0 Å². The summed E-state index contributed by atoms with van der Waals surface area (Å²) in [4.78, 5) is 9.17. The Hall–Kier alpha value is -1.37. The van der Waals surface area contributed by atoms with Crippen LogP contribution in [-0.2, 0) is 6.54 Å². The molecule has 1 fully saturated rings. The van der Waals surface area contributed by atoms with Crippen molar-refractivity contribution in [1.82, 2.24) is 15.6 Å². The molecular weight excluding hydrogens is 387 g/mol. The highest BCUT2D eigenvalue weighted by Gasteiger charge is 2.21. The number of aliphatic imine (C=N–C) groups is 1. The molecule has 0 atom stereocenters. The highest BCUT2D eigenvalue weighted by Crippen LogP contribution is 2.27. The third kappa shape index (κ3) is 4.56. The summed E-state index contributed by atoms with van der Waals surface area (Å²) in [6.07, 6.45) is 4.53. The molecule has 4 nitrogen and oxygen atoms in total. The van der Waals surface area contributed by atoms with Crippen molar-refractivity contribution in [2.75, 3.05) is 13.1 Å². The zero-order valence-electron chi connectivity index (χ0n) is 12.9. The van der Waals surface area contributed by atoms with Crippen molar-refractivity contribution in [3.8, 4) is 0 Å². The molecule has 2 N–H and O–H groups in total. The van der Waals surface area contributed by atoms with Crippen LogP contribution in [0.1, 0.15) is 25.3 Å². The zero-order valence-corrected chi connectivity index (χ0v) is 15.2. The van der Waals surface area contributed by atoms with Crippen LogP contribution in [0.3, 0.4) is 0 Å². The first kappa shape index (κ1) is 17.0. The average molecular weight is 410 g/mol. The minimum Gasteiger partial charge on any atom is -0.357 e. The third-order valence-electron chi connectivity index (χ3n) is 3.72. The molecule has 2 aromatic rings. The van der Waals surface area contributed by atoms with E-state index in [1.165, 1.54) is 18.2 Å². The maximum absolute atomic E-state index is 4.69. The van der Waals surface area contributed by atoms with Gasteiger partial charge in [0.2, 0.25) is 0 Å². The molecule has 0 amide bonds. The van der Waals surface area contributed by atoms with Crippen LogP contribution in [0.4, 0.5) is 0 Å². The number of pyridine rings is 1. The highest BCUT2D eigenvalue weighted by atomic mass is 127. The van der Waals surface area contributed by atoms with Gasteiger partial charge in [0.15, 0.2) is 5.96 Å². The maximum atomic E-state index is 4.69. The third-order valence-corrected chi connectivity index (χ3v) is 3.72. The van der Waals surface area contributed by atoms with E-state index in [0.717, 1.165) is 36.0 Å². The van der Waals surface area contributed by atoms with Gasteiger partial charge in [0.1, 0.15) is 0 Å². The van der Waals surface area contributed by atoms with E-state index < -0.39 is 0 Å². The average Bonchev–Trinajstić information content (AvgIpc) is 3.34. The number of aromatic nitrogens is 1. The molecule has 1 aliphatic rings. The highest BCUT2D eigenvalue weighted by molar-refractivity contribution is 14.0. The lowest BCUT2D eigenvalue weighted by molar-refractivity contribution is 0.739. The number of benzene rings is 1. The van der Waals surface area contributed by atoms with E-state index in [2.05, 4.69) is 51.8 Å². The van der Waals surface area contributed by atoms with Gasteiger partial charge < -0.3 is 10.6 Å². The molecule has 3 rings (SSSR count). The summed E-state index contributed by atoms with van der Waals surface area (Å²) >= 11 is 0. The predicted octanol–water partition coefficient (Wildman–Crippen LogP) is 3.32. The van der Waals surface area contributed by atoms with Crippen LogP contribution in [-0.4, -0.2) is 24.0 Å². The summed E-state index contributed by atoms with van der Waals surface area (Å²) in [6.45, 7) is 4.64. The second kappa shape index (κ2) is 8.31. The first-order valence-corrected chi connectivity index (χ1v) is 7.71. The van der Waals surface area contributed by atoms with Gasteiger partial charge >= 0.3 is 0 Å². The van der Waals surface area contributed by atoms with Crippen LogP contribution >= 0.6 is 24.0 Å². The minimum absolute atomic E-state index is 0. The van der Waals surface area contributed by atoms with E-state index in [-0.39, 0.29) is 24.0 Å². The molecule has 1 aromatic carbocycles. The molecule has 0 spiro atoms. The number of para-hydroxylation sites is 1. The normalized spacial score (nSPS) is 14.5. The van der Waals surface area contributed by atoms with Crippen molar-refractivity contribution >= 4 is 40.8 Å². The van der Waals surface area contributed by atoms with Crippen LogP contribution in [0, 0.1) is 5.92 Å². The molecule has 0 aliphatic heterocycles. The summed E-state index contributed by atoms with van der Waals surface area (Å²) in [5.41, 5.74) is 2.21. The predicted molar refractivity (Wildman–Crippen MR) is 103 cm³/mol. The Kier molecular flexibility index (Phi) is 6.42. The minimum atomic E-state index is 0. The largest absolute Gasteiger partial charge is 0.357 e. The summed E-state index contributed by atoms with van der Waals surface area (Å²) in [5, 5.41) is 7.89. The standard InChI is InChI=1S/C17H22N4.HI/c1-2-18-17(20-11-13-8-9-13)21-12-15-6-3-5-14-7-4-10-19-16(14)15;/h3-7,10,13H,2,8-9,11-12H2,1H3,(H2,18,20,21);1H. The molecule has 22 heavy (non-hydrogen) atoms. The number of nitrogens with one attached hydrogen (secondary N) is 2. The molecule has 0 bridgehead atoms. The summed E-state index contributed by atoms with van der Waals surface area (Å²) in [6, 6.07) is 10.3. The van der Waals surface area contributed by atoms with Crippen LogP contribution in [0.5, 0.6) is 0 Å². The van der Waals surface area contributed by atoms with Crippen molar-refractivity contribution < 1.29 is 0 Å². The number of guanidine groups is 1. The lowest BCUT2D eigenvalue weighted by atomic mass is 10.1. The van der Waals surface area contributed by atoms with Crippen molar-refractivity contribution in [3.05, 3.63) is 42.1 Å². The number of hydrogen-bond acceptors (Lipinski definition) is 2. The number of rotatable bonds is 5. The zero-order chi connectivity index (χ0) is 14.5. The quantitative estimate of drug-likeness (QED) is 0.452. The van der Waals surface area contributed by atoms with Crippen LogP contribution in [0.25, 0.3) is 10.9 Å². The monoisotopic (exact) mass is 410 g/mol. The van der Waals surface area contributed by atoms with Gasteiger partial charge in [-0.15, -0.1) is 24.0 Å². The Morgan fingerprint density at radius 2 is 2.05 bits per heavy atom. The van der Waals surface area contributed by atoms with Gasteiger partial charge in [-0.05, 0) is 37.3 Å². The van der Waals surface area contributed by atoms with Crippen molar-refractivity contribution in [1.29, 1.82) is 0 Å². The second-order valence-corrected chi connectivity index (χ2v) is 5.51. The molecule has 0 saturated heterocycles. The fourth-order valence-corrected chi connectivity index (χ4v) is 2.36. The number of hydrogen-bond donors (Lipinski definition) is 2. The number of nitrogens with zero attached hydrogens (tertiary/aromatic N) is 2. The summed E-state index contributed by atoms with van der Waals surface area (Å²) in [7, 11) is 0. The smallest absolute Gasteiger partial charge is 0.191 e. The van der Waals surface area contributed by atoms with Crippen LogP contribution in [0.15, 0.2) is 41.5 Å². The molecule has 0 unspecified atom stereocenters. The number of fused-ring (bicyclic) bond motifs is 1. The first-order chi connectivity index (χ1) is 10.4. The van der Waals surface area contributed by atoms with E-state index in [4.69, 9.17) is 0 Å². The Bertz CT molecular complexity index is 632. The van der Waals surface area contributed by atoms with Gasteiger partial charge in [0, 0.05) is 24.7 Å². The molecule has 118 valence electrons. The Labute approximate surface area is 148 Å². The Morgan fingerprint density at radius 3 is 2.82 bits per heavy atom. The van der Waals surface area contributed by atoms with E-state index in [9.17, 15) is 0 Å². The maximum Gasteiger partial charge on any atom is 0.191 e. The van der Waals surface area contributed by atoms with Gasteiger partial charge in [0.25, 0.3) is 0 Å². The fourth-order valence-electron chi connectivity index (χ4n) is 2.36. The molecule has 0 radical (unpaired) electrons. The van der Waals surface area contributed by atoms with Gasteiger partial charge in [-0.1, -0.05) is 24.3 Å². The van der Waals surface area contributed by atoms with E-state index in [0.29, 0.717) is 6.54 Å². The molecule has 1 heterocycles. The van der Waals surface area contributed by atoms with Crippen molar-refractivity contribution in [3.63, 3.8) is 0 Å². The van der Waals surface area contributed by atoms with Crippen LogP contribution < -0.4 is 10.6 Å². The van der Waals surface area contributed by atoms with Gasteiger partial charge in [0.05, 0.1) is 12.1 Å². The molecule has 1 saturated carbocycles. The van der Waals surface area contributed by atoms with Crippen molar-refractivity contribution in [2.45, 2.75) is 26.3 Å². The van der Waals surface area contributed by atoms with E-state index >= 15 is 0 Å². The topological polar surface area (TPSA) is 49.3 Å². The van der Waals surface area contributed by atoms with Crippen LogP contribution in [0.2, 0.25) is 0 Å². The molecule has 1 aromatic heterocycles. The van der Waals surface area contributed by atoms with Crippen molar-refractivity contribution in [2.24, 2.45) is 10.9 Å². The SMILES string of the molecule is CCNC(=NCc1cccc2cccnc12)NCC1CC1.I. The first-order valence-electron chi connectivity index (χ1n) is 7.71. The Balaban J connectivity index is 0.00000176. The number of halogens is 1. The van der Waals surface area contributed by atoms with Gasteiger partial charge in [-0.2, -0.15) is 0 Å². The summed E-state index contributed by atoms with van der Waals surface area (Å²) < 4.78 is 0. The fraction of sp³-hybridized carbons (Fsp3) is 0.412. The molecule has 5 heteroatoms. The lowest BCUT2D eigenvalue weighted by Crippen LogP contribution is -2.38. The molecule has 1 aliphatic carbocycles. The summed E-state index contributed by atoms with van der Waals surface area (Å²) in [5.74, 6) is 1.74.